The summed E-state index contributed by atoms with van der Waals surface area (Å²) in [4.78, 5) is 0. The molecule has 0 N–H and O–H groups in total. The molecule has 0 heterocycles. The quantitative estimate of drug-likeness (QED) is 0.386. The van der Waals surface area contributed by atoms with Crippen LogP contribution in [0.25, 0.3) is 11.1 Å². The van der Waals surface area contributed by atoms with E-state index < -0.39 is 0 Å². The minimum Gasteiger partial charge on any atom is -0.493 e. The van der Waals surface area contributed by atoms with E-state index in [0.29, 0.717) is 6.61 Å². The van der Waals surface area contributed by atoms with Crippen LogP contribution in [-0.4, -0.2) is 18.5 Å². The van der Waals surface area contributed by atoms with E-state index >= 15 is 0 Å². The SMILES string of the molecule is CCOc1ccccc1C=NN=C1c2ccccc2-c2ccccc21. The lowest BCUT2D eigenvalue weighted by Gasteiger charge is -2.05. The van der Waals surface area contributed by atoms with Crippen LogP contribution in [0.15, 0.2) is 83.0 Å². The van der Waals surface area contributed by atoms with Crippen molar-refractivity contribution in [2.45, 2.75) is 6.92 Å². The van der Waals surface area contributed by atoms with Gasteiger partial charge in [-0.3, -0.25) is 0 Å². The van der Waals surface area contributed by atoms with Crippen molar-refractivity contribution in [3.05, 3.63) is 89.5 Å². The fourth-order valence-corrected chi connectivity index (χ4v) is 3.12. The maximum atomic E-state index is 5.63. The zero-order chi connectivity index (χ0) is 17.1. The van der Waals surface area contributed by atoms with Crippen LogP contribution in [-0.2, 0) is 0 Å². The van der Waals surface area contributed by atoms with Gasteiger partial charge in [-0.15, -0.1) is 5.10 Å². The second-order valence-corrected chi connectivity index (χ2v) is 5.76. The molecule has 3 aromatic rings. The Labute approximate surface area is 147 Å². The van der Waals surface area contributed by atoms with Crippen LogP contribution in [0.3, 0.4) is 0 Å². The number of hydrogen-bond acceptors (Lipinski definition) is 3. The summed E-state index contributed by atoms with van der Waals surface area (Å²) in [6, 6.07) is 24.5. The molecule has 0 amide bonds. The van der Waals surface area contributed by atoms with Gasteiger partial charge in [0.1, 0.15) is 11.5 Å². The number of fused-ring (bicyclic) bond motifs is 3. The third-order valence-corrected chi connectivity index (χ3v) is 4.23. The molecule has 3 aromatic carbocycles. The van der Waals surface area contributed by atoms with Gasteiger partial charge >= 0.3 is 0 Å². The number of hydrogen-bond donors (Lipinski definition) is 0. The molecular weight excluding hydrogens is 308 g/mol. The first kappa shape index (κ1) is 15.3. The van der Waals surface area contributed by atoms with Gasteiger partial charge in [0.25, 0.3) is 0 Å². The second kappa shape index (κ2) is 6.73. The van der Waals surface area contributed by atoms with Crippen LogP contribution >= 0.6 is 0 Å². The van der Waals surface area contributed by atoms with Gasteiger partial charge in [0.2, 0.25) is 0 Å². The van der Waals surface area contributed by atoms with Crippen molar-refractivity contribution in [2.24, 2.45) is 10.2 Å². The van der Waals surface area contributed by atoms with Gasteiger partial charge in [-0.25, -0.2) is 0 Å². The smallest absolute Gasteiger partial charge is 0.128 e. The van der Waals surface area contributed by atoms with Crippen LogP contribution in [0, 0.1) is 0 Å². The Balaban J connectivity index is 1.73. The zero-order valence-electron chi connectivity index (χ0n) is 14.0. The average molecular weight is 326 g/mol. The standard InChI is InChI=1S/C22H18N2O/c1-2-25-21-14-8-3-9-16(21)15-23-24-22-19-12-6-4-10-17(19)18-11-5-7-13-20(18)22/h3-15H,2H2,1H3. The topological polar surface area (TPSA) is 34.0 Å². The molecule has 4 rings (SSSR count). The average Bonchev–Trinajstić information content (AvgIpc) is 2.98. The minimum absolute atomic E-state index is 0.625. The molecule has 1 aliphatic rings. The van der Waals surface area contributed by atoms with E-state index in [-0.39, 0.29) is 0 Å². The Morgan fingerprint density at radius 2 is 1.32 bits per heavy atom. The highest BCUT2D eigenvalue weighted by molar-refractivity contribution is 6.24. The van der Waals surface area contributed by atoms with Gasteiger partial charge in [0, 0.05) is 16.7 Å². The van der Waals surface area contributed by atoms with Crippen molar-refractivity contribution < 1.29 is 4.74 Å². The Morgan fingerprint density at radius 3 is 1.96 bits per heavy atom. The van der Waals surface area contributed by atoms with Gasteiger partial charge in [-0.05, 0) is 30.2 Å². The first-order valence-corrected chi connectivity index (χ1v) is 8.40. The molecule has 0 fully saturated rings. The predicted octanol–water partition coefficient (Wildman–Crippen LogP) is 4.94. The molecule has 0 unspecified atom stereocenters. The Hall–Kier alpha value is -3.20. The monoisotopic (exact) mass is 326 g/mol. The molecule has 0 aromatic heterocycles. The first-order valence-electron chi connectivity index (χ1n) is 8.40. The summed E-state index contributed by atoms with van der Waals surface area (Å²) in [5, 5.41) is 8.88. The lowest BCUT2D eigenvalue weighted by Crippen LogP contribution is -1.98. The molecule has 25 heavy (non-hydrogen) atoms. The highest BCUT2D eigenvalue weighted by Crippen LogP contribution is 2.36. The highest BCUT2D eigenvalue weighted by Gasteiger charge is 2.23. The summed E-state index contributed by atoms with van der Waals surface area (Å²) in [6.45, 7) is 2.60. The minimum atomic E-state index is 0.625. The van der Waals surface area contributed by atoms with Crippen LogP contribution < -0.4 is 4.74 Å². The number of rotatable bonds is 4. The third kappa shape index (κ3) is 2.85. The Kier molecular flexibility index (Phi) is 4.13. The number of ether oxygens (including phenoxy) is 1. The second-order valence-electron chi connectivity index (χ2n) is 5.76. The molecule has 3 nitrogen and oxygen atoms in total. The van der Waals surface area contributed by atoms with Crippen molar-refractivity contribution >= 4 is 11.9 Å². The van der Waals surface area contributed by atoms with E-state index in [1.54, 1.807) is 6.21 Å². The summed E-state index contributed by atoms with van der Waals surface area (Å²) in [6.07, 6.45) is 1.75. The van der Waals surface area contributed by atoms with Crippen molar-refractivity contribution in [2.75, 3.05) is 6.61 Å². The van der Waals surface area contributed by atoms with Crippen LogP contribution in [0.2, 0.25) is 0 Å². The van der Waals surface area contributed by atoms with Crippen LogP contribution in [0.1, 0.15) is 23.6 Å². The van der Waals surface area contributed by atoms with E-state index in [0.717, 1.165) is 28.2 Å². The van der Waals surface area contributed by atoms with E-state index in [2.05, 4.69) is 46.6 Å². The van der Waals surface area contributed by atoms with Crippen molar-refractivity contribution in [1.82, 2.24) is 0 Å². The molecule has 0 saturated carbocycles. The van der Waals surface area contributed by atoms with Crippen molar-refractivity contribution in [1.29, 1.82) is 0 Å². The van der Waals surface area contributed by atoms with Gasteiger partial charge < -0.3 is 4.74 Å². The van der Waals surface area contributed by atoms with E-state index in [9.17, 15) is 0 Å². The zero-order valence-corrected chi connectivity index (χ0v) is 14.0. The molecule has 0 bridgehead atoms. The van der Waals surface area contributed by atoms with Gasteiger partial charge in [0.05, 0.1) is 12.8 Å². The van der Waals surface area contributed by atoms with E-state index in [4.69, 9.17) is 4.74 Å². The van der Waals surface area contributed by atoms with Gasteiger partial charge in [-0.1, -0.05) is 60.7 Å². The molecule has 122 valence electrons. The van der Waals surface area contributed by atoms with E-state index in [1.165, 1.54) is 11.1 Å². The van der Waals surface area contributed by atoms with Crippen molar-refractivity contribution in [3.8, 4) is 16.9 Å². The molecule has 0 aliphatic heterocycles. The van der Waals surface area contributed by atoms with Gasteiger partial charge in [-0.2, -0.15) is 5.10 Å². The molecular formula is C22H18N2O. The highest BCUT2D eigenvalue weighted by atomic mass is 16.5. The van der Waals surface area contributed by atoms with Crippen LogP contribution in [0.5, 0.6) is 5.75 Å². The normalized spacial score (nSPS) is 12.1. The lowest BCUT2D eigenvalue weighted by atomic mass is 10.1. The van der Waals surface area contributed by atoms with Gasteiger partial charge in [0.15, 0.2) is 0 Å². The summed E-state index contributed by atoms with van der Waals surface area (Å²) in [5.74, 6) is 0.821. The molecule has 0 radical (unpaired) electrons. The molecule has 1 aliphatic carbocycles. The van der Waals surface area contributed by atoms with Crippen molar-refractivity contribution in [3.63, 3.8) is 0 Å². The Morgan fingerprint density at radius 1 is 0.760 bits per heavy atom. The molecule has 3 heteroatoms. The summed E-state index contributed by atoms with van der Waals surface area (Å²) in [7, 11) is 0. The van der Waals surface area contributed by atoms with Crippen LogP contribution in [0.4, 0.5) is 0 Å². The number of para-hydroxylation sites is 1. The summed E-state index contributed by atoms with van der Waals surface area (Å²) < 4.78 is 5.63. The largest absolute Gasteiger partial charge is 0.493 e. The lowest BCUT2D eigenvalue weighted by molar-refractivity contribution is 0.340. The fraction of sp³-hybridized carbons (Fsp3) is 0.0909. The Bertz CT molecular complexity index is 926. The van der Waals surface area contributed by atoms with E-state index in [1.807, 2.05) is 43.3 Å². The summed E-state index contributed by atoms with van der Waals surface area (Å²) in [5.41, 5.74) is 6.51. The molecule has 0 atom stereocenters. The maximum Gasteiger partial charge on any atom is 0.128 e. The first-order chi connectivity index (χ1) is 12.4. The maximum absolute atomic E-state index is 5.63. The number of benzene rings is 3. The molecule has 0 saturated heterocycles. The number of nitrogens with zero attached hydrogens (tertiary/aromatic N) is 2. The predicted molar refractivity (Wildman–Crippen MR) is 103 cm³/mol. The fourth-order valence-electron chi connectivity index (χ4n) is 3.12. The molecule has 0 spiro atoms. The summed E-state index contributed by atoms with van der Waals surface area (Å²) >= 11 is 0. The third-order valence-electron chi connectivity index (χ3n) is 4.23.